The van der Waals surface area contributed by atoms with Crippen molar-refractivity contribution in [3.05, 3.63) is 35.4 Å². The predicted octanol–water partition coefficient (Wildman–Crippen LogP) is 1.39. The predicted molar refractivity (Wildman–Crippen MR) is 86.5 cm³/mol. The number of hydrogen-bond donors (Lipinski definition) is 2. The van der Waals surface area contributed by atoms with E-state index < -0.39 is 0 Å². The molecule has 0 radical (unpaired) electrons. The molecule has 1 aliphatic carbocycles. The van der Waals surface area contributed by atoms with Crippen molar-refractivity contribution in [1.29, 1.82) is 0 Å². The number of nitrogens with zero attached hydrogens (tertiary/aromatic N) is 1. The van der Waals surface area contributed by atoms with Gasteiger partial charge in [-0.2, -0.15) is 0 Å². The first-order valence-corrected chi connectivity index (χ1v) is 7.78. The zero-order valence-electron chi connectivity index (χ0n) is 13.6. The van der Waals surface area contributed by atoms with E-state index in [9.17, 15) is 9.59 Å². The topological polar surface area (TPSA) is 61.4 Å². The van der Waals surface area contributed by atoms with Crippen LogP contribution in [0.4, 0.5) is 0 Å². The van der Waals surface area contributed by atoms with Gasteiger partial charge < -0.3 is 10.6 Å². The Balaban J connectivity index is 1.79. The lowest BCUT2D eigenvalue weighted by Crippen LogP contribution is -2.40. The maximum atomic E-state index is 12.0. The number of carbonyl (C=O) groups is 2. The fraction of sp³-hybridized carbons (Fsp3) is 0.529. The van der Waals surface area contributed by atoms with E-state index in [1.807, 2.05) is 24.1 Å². The van der Waals surface area contributed by atoms with Gasteiger partial charge in [0.25, 0.3) is 5.91 Å². The third kappa shape index (κ3) is 4.84. The summed E-state index contributed by atoms with van der Waals surface area (Å²) in [5, 5.41) is 5.65. The van der Waals surface area contributed by atoms with Crippen LogP contribution in [0.25, 0.3) is 0 Å². The molecule has 2 amide bonds. The van der Waals surface area contributed by atoms with Crippen LogP contribution in [-0.2, 0) is 11.3 Å². The highest BCUT2D eigenvalue weighted by atomic mass is 16.2. The number of rotatable bonds is 7. The van der Waals surface area contributed by atoms with Crippen LogP contribution in [0, 0.1) is 5.92 Å². The molecule has 0 heterocycles. The molecule has 1 atom stereocenters. The van der Waals surface area contributed by atoms with E-state index in [2.05, 4.69) is 17.6 Å². The third-order valence-corrected chi connectivity index (χ3v) is 4.03. The first-order chi connectivity index (χ1) is 10.5. The SMILES string of the molecule is CNC(=O)c1ccc(CN(C)CC(=O)N[C@H](C)C2CC2)cc1. The van der Waals surface area contributed by atoms with Gasteiger partial charge in [0.05, 0.1) is 6.54 Å². The molecule has 5 heteroatoms. The van der Waals surface area contributed by atoms with Crippen molar-refractivity contribution in [2.75, 3.05) is 20.6 Å². The Hall–Kier alpha value is -1.88. The molecule has 22 heavy (non-hydrogen) atoms. The van der Waals surface area contributed by atoms with Crippen LogP contribution in [0.2, 0.25) is 0 Å². The molecule has 1 aromatic rings. The Labute approximate surface area is 132 Å². The van der Waals surface area contributed by atoms with E-state index in [0.29, 0.717) is 24.6 Å². The molecule has 0 spiro atoms. The van der Waals surface area contributed by atoms with E-state index >= 15 is 0 Å². The molecule has 0 aromatic heterocycles. The van der Waals surface area contributed by atoms with Crippen molar-refractivity contribution in [1.82, 2.24) is 15.5 Å². The van der Waals surface area contributed by atoms with Crippen molar-refractivity contribution in [3.8, 4) is 0 Å². The number of nitrogens with one attached hydrogen (secondary N) is 2. The highest BCUT2D eigenvalue weighted by Gasteiger charge is 2.28. The van der Waals surface area contributed by atoms with Crippen molar-refractivity contribution in [3.63, 3.8) is 0 Å². The zero-order chi connectivity index (χ0) is 16.1. The lowest BCUT2D eigenvalue weighted by atomic mass is 10.1. The molecule has 0 bridgehead atoms. The number of likely N-dealkylation sites (N-methyl/N-ethyl adjacent to an activating group) is 1. The number of hydrogen-bond acceptors (Lipinski definition) is 3. The third-order valence-electron chi connectivity index (χ3n) is 4.03. The molecule has 1 saturated carbocycles. The molecule has 5 nitrogen and oxygen atoms in total. The standard InChI is InChI=1S/C17H25N3O2/c1-12(14-8-9-14)19-16(21)11-20(3)10-13-4-6-15(7-5-13)17(22)18-2/h4-7,12,14H,8-11H2,1-3H3,(H,18,22)(H,19,21)/t12-/m1/s1. The monoisotopic (exact) mass is 303 g/mol. The minimum atomic E-state index is -0.0895. The quantitative estimate of drug-likeness (QED) is 0.800. The fourth-order valence-electron chi connectivity index (χ4n) is 2.53. The van der Waals surface area contributed by atoms with Gasteiger partial charge in [-0.25, -0.2) is 0 Å². The molecule has 0 saturated heterocycles. The molecule has 2 rings (SSSR count). The first-order valence-electron chi connectivity index (χ1n) is 7.78. The Bertz CT molecular complexity index is 523. The lowest BCUT2D eigenvalue weighted by Gasteiger charge is -2.19. The Morgan fingerprint density at radius 1 is 1.27 bits per heavy atom. The second kappa shape index (κ2) is 7.40. The normalized spacial score (nSPS) is 15.5. The van der Waals surface area contributed by atoms with Gasteiger partial charge >= 0.3 is 0 Å². The Morgan fingerprint density at radius 3 is 2.45 bits per heavy atom. The molecule has 1 aromatic carbocycles. The summed E-state index contributed by atoms with van der Waals surface area (Å²) in [6.07, 6.45) is 2.46. The van der Waals surface area contributed by atoms with Crippen LogP contribution in [0.15, 0.2) is 24.3 Å². The summed E-state index contributed by atoms with van der Waals surface area (Å²) in [6.45, 7) is 3.14. The summed E-state index contributed by atoms with van der Waals surface area (Å²) in [5.74, 6) is 0.656. The molecule has 120 valence electrons. The summed E-state index contributed by atoms with van der Waals surface area (Å²) in [7, 11) is 3.54. The van der Waals surface area contributed by atoms with Crippen LogP contribution in [0.1, 0.15) is 35.7 Å². The smallest absolute Gasteiger partial charge is 0.251 e. The lowest BCUT2D eigenvalue weighted by molar-refractivity contribution is -0.122. The van der Waals surface area contributed by atoms with Crippen molar-refractivity contribution >= 4 is 11.8 Å². The van der Waals surface area contributed by atoms with Gasteiger partial charge in [0.1, 0.15) is 0 Å². The minimum absolute atomic E-state index is 0.0730. The average molecular weight is 303 g/mol. The largest absolute Gasteiger partial charge is 0.355 e. The number of carbonyl (C=O) groups excluding carboxylic acids is 2. The molecule has 0 aliphatic heterocycles. The van der Waals surface area contributed by atoms with Crippen LogP contribution >= 0.6 is 0 Å². The van der Waals surface area contributed by atoms with Crippen LogP contribution < -0.4 is 10.6 Å². The second-order valence-corrected chi connectivity index (χ2v) is 6.14. The summed E-state index contributed by atoms with van der Waals surface area (Å²) in [4.78, 5) is 25.4. The average Bonchev–Trinajstić information content (AvgIpc) is 3.31. The van der Waals surface area contributed by atoms with Crippen LogP contribution in [-0.4, -0.2) is 43.4 Å². The van der Waals surface area contributed by atoms with Crippen LogP contribution in [0.3, 0.4) is 0 Å². The van der Waals surface area contributed by atoms with E-state index in [1.165, 1.54) is 12.8 Å². The van der Waals surface area contributed by atoms with Crippen molar-refractivity contribution < 1.29 is 9.59 Å². The number of benzene rings is 1. The highest BCUT2D eigenvalue weighted by molar-refractivity contribution is 5.93. The number of amides is 2. The minimum Gasteiger partial charge on any atom is -0.355 e. The fourth-order valence-corrected chi connectivity index (χ4v) is 2.53. The van der Waals surface area contributed by atoms with E-state index in [0.717, 1.165) is 5.56 Å². The second-order valence-electron chi connectivity index (χ2n) is 6.14. The maximum absolute atomic E-state index is 12.0. The Morgan fingerprint density at radius 2 is 1.91 bits per heavy atom. The zero-order valence-corrected chi connectivity index (χ0v) is 13.6. The Kier molecular flexibility index (Phi) is 5.55. The molecular weight excluding hydrogens is 278 g/mol. The first kappa shape index (κ1) is 16.5. The van der Waals surface area contributed by atoms with Gasteiger partial charge in [-0.15, -0.1) is 0 Å². The van der Waals surface area contributed by atoms with Crippen LogP contribution in [0.5, 0.6) is 0 Å². The summed E-state index contributed by atoms with van der Waals surface area (Å²) >= 11 is 0. The van der Waals surface area contributed by atoms with Gasteiger partial charge in [-0.05, 0) is 50.4 Å². The van der Waals surface area contributed by atoms with Gasteiger partial charge in [0.2, 0.25) is 5.91 Å². The molecule has 1 aliphatic rings. The van der Waals surface area contributed by atoms with Gasteiger partial charge in [-0.1, -0.05) is 12.1 Å². The highest BCUT2D eigenvalue weighted by Crippen LogP contribution is 2.32. The van der Waals surface area contributed by atoms with Gasteiger partial charge in [0, 0.05) is 25.2 Å². The van der Waals surface area contributed by atoms with Gasteiger partial charge in [0.15, 0.2) is 0 Å². The van der Waals surface area contributed by atoms with E-state index in [4.69, 9.17) is 0 Å². The maximum Gasteiger partial charge on any atom is 0.251 e. The van der Waals surface area contributed by atoms with E-state index in [-0.39, 0.29) is 17.9 Å². The van der Waals surface area contributed by atoms with Crippen molar-refractivity contribution in [2.24, 2.45) is 5.92 Å². The van der Waals surface area contributed by atoms with Gasteiger partial charge in [-0.3, -0.25) is 14.5 Å². The summed E-state index contributed by atoms with van der Waals surface area (Å²) in [6, 6.07) is 7.74. The molecular formula is C17H25N3O2. The molecule has 2 N–H and O–H groups in total. The van der Waals surface area contributed by atoms with Crippen molar-refractivity contribution in [2.45, 2.75) is 32.4 Å². The molecule has 1 fully saturated rings. The summed E-state index contributed by atoms with van der Waals surface area (Å²) in [5.41, 5.74) is 1.73. The van der Waals surface area contributed by atoms with E-state index in [1.54, 1.807) is 19.2 Å². The summed E-state index contributed by atoms with van der Waals surface area (Å²) < 4.78 is 0. The molecule has 0 unspecified atom stereocenters.